The van der Waals surface area contributed by atoms with Gasteiger partial charge in [0.25, 0.3) is 0 Å². The summed E-state index contributed by atoms with van der Waals surface area (Å²) in [6.07, 6.45) is 1.92. The summed E-state index contributed by atoms with van der Waals surface area (Å²) in [7, 11) is 0. The van der Waals surface area contributed by atoms with Gasteiger partial charge in [-0.2, -0.15) is 0 Å². The van der Waals surface area contributed by atoms with Gasteiger partial charge >= 0.3 is 0 Å². The Morgan fingerprint density at radius 1 is 1.27 bits per heavy atom. The second kappa shape index (κ2) is 2.60. The summed E-state index contributed by atoms with van der Waals surface area (Å²) in [6.45, 7) is 0. The van der Waals surface area contributed by atoms with E-state index in [2.05, 4.69) is 11.1 Å². The van der Waals surface area contributed by atoms with Crippen molar-refractivity contribution in [1.29, 1.82) is 0 Å². The van der Waals surface area contributed by atoms with E-state index in [9.17, 15) is 0 Å². The molecule has 11 heavy (non-hydrogen) atoms. The third-order valence-electron chi connectivity index (χ3n) is 1.68. The van der Waals surface area contributed by atoms with Gasteiger partial charge in [0.15, 0.2) is 0 Å². The predicted octanol–water partition coefficient (Wildman–Crippen LogP) is 2.13. The lowest BCUT2D eigenvalue weighted by atomic mass is 10.2. The fourth-order valence-electron chi connectivity index (χ4n) is 1.15. The Kier molecular flexibility index (Phi) is 1.60. The molecule has 2 aromatic rings. The molecule has 1 aromatic heterocycles. The Morgan fingerprint density at radius 2 is 2.18 bits per heavy atom. The summed E-state index contributed by atoms with van der Waals surface area (Å²) < 4.78 is 0. The van der Waals surface area contributed by atoms with Crippen molar-refractivity contribution >= 4 is 22.9 Å². The van der Waals surface area contributed by atoms with Crippen LogP contribution in [-0.2, 0) is 0 Å². The summed E-state index contributed by atoms with van der Waals surface area (Å²) in [6, 6.07) is 8.11. The monoisotopic (exact) mass is 164 g/mol. The van der Waals surface area contributed by atoms with Crippen LogP contribution in [0.25, 0.3) is 10.9 Å². The highest BCUT2D eigenvalue weighted by Crippen LogP contribution is 2.22. The van der Waals surface area contributed by atoms with E-state index in [0.717, 1.165) is 10.4 Å². The zero-order valence-electron chi connectivity index (χ0n) is 5.87. The third-order valence-corrected chi connectivity index (χ3v) is 2.27. The molecular weight excluding hydrogens is 156 g/mol. The summed E-state index contributed by atoms with van der Waals surface area (Å²) >= 11 is 1.27. The predicted molar refractivity (Wildman–Crippen MR) is 48.3 cm³/mol. The molecule has 0 bridgehead atoms. The molecule has 3 heteroatoms. The second-order valence-electron chi connectivity index (χ2n) is 2.32. The first-order valence-corrected chi connectivity index (χ1v) is 4.22. The largest absolute Gasteiger partial charge is 0.360 e. The first-order chi connectivity index (χ1) is 5.42. The molecule has 0 radical (unpaired) electrons. The van der Waals surface area contributed by atoms with Gasteiger partial charge < -0.3 is 4.98 Å². The lowest BCUT2D eigenvalue weighted by Gasteiger charge is -1.96. The van der Waals surface area contributed by atoms with Crippen LogP contribution < -0.4 is 5.14 Å². The zero-order valence-corrected chi connectivity index (χ0v) is 6.69. The third kappa shape index (κ3) is 1.02. The number of hydrogen-bond donors (Lipinski definition) is 2. The van der Waals surface area contributed by atoms with Gasteiger partial charge in [-0.05, 0) is 24.1 Å². The minimum absolute atomic E-state index is 1.09. The Hall–Kier alpha value is -0.930. The van der Waals surface area contributed by atoms with Crippen molar-refractivity contribution in [3.8, 4) is 0 Å². The molecule has 56 valence electrons. The minimum atomic E-state index is 1.09. The number of nitrogens with one attached hydrogen (secondary N) is 1. The molecule has 0 fully saturated rings. The van der Waals surface area contributed by atoms with E-state index in [0.29, 0.717) is 0 Å². The quantitative estimate of drug-likeness (QED) is 0.634. The lowest BCUT2D eigenvalue weighted by molar-refractivity contribution is 1.40. The molecular formula is C8H8N2S. The highest BCUT2D eigenvalue weighted by Gasteiger charge is 1.98. The molecule has 2 nitrogen and oxygen atoms in total. The lowest BCUT2D eigenvalue weighted by Crippen LogP contribution is -1.80. The molecule has 0 aliphatic carbocycles. The number of aromatic amines is 1. The fraction of sp³-hybridized carbons (Fsp3) is 0. The van der Waals surface area contributed by atoms with E-state index in [1.54, 1.807) is 0 Å². The number of rotatable bonds is 1. The van der Waals surface area contributed by atoms with Crippen molar-refractivity contribution < 1.29 is 0 Å². The number of fused-ring (bicyclic) bond motifs is 1. The van der Waals surface area contributed by atoms with Crippen LogP contribution in [0.5, 0.6) is 0 Å². The molecule has 3 N–H and O–H groups in total. The topological polar surface area (TPSA) is 41.8 Å². The number of aromatic nitrogens is 1. The average molecular weight is 164 g/mol. The zero-order chi connectivity index (χ0) is 7.68. The number of hydrogen-bond acceptors (Lipinski definition) is 2. The molecule has 0 atom stereocenters. The molecule has 0 spiro atoms. The van der Waals surface area contributed by atoms with E-state index in [1.165, 1.54) is 17.3 Å². The number of nitrogens with two attached hydrogens (primary N) is 1. The minimum Gasteiger partial charge on any atom is -0.360 e. The Balaban J connectivity index is 2.79. The van der Waals surface area contributed by atoms with Crippen LogP contribution in [0.1, 0.15) is 0 Å². The highest BCUT2D eigenvalue weighted by atomic mass is 32.2. The summed E-state index contributed by atoms with van der Waals surface area (Å²) in [5.74, 6) is 0. The van der Waals surface area contributed by atoms with Gasteiger partial charge in [-0.3, -0.25) is 5.14 Å². The molecule has 0 aliphatic rings. The van der Waals surface area contributed by atoms with Crippen molar-refractivity contribution in [3.05, 3.63) is 30.5 Å². The maximum absolute atomic E-state index is 5.47. The maximum Gasteiger partial charge on any atom is 0.0605 e. The first kappa shape index (κ1) is 6.76. The van der Waals surface area contributed by atoms with Crippen LogP contribution in [-0.4, -0.2) is 4.98 Å². The summed E-state index contributed by atoms with van der Waals surface area (Å²) in [5, 5.41) is 6.68. The van der Waals surface area contributed by atoms with Crippen LogP contribution in [0.2, 0.25) is 0 Å². The summed E-state index contributed by atoms with van der Waals surface area (Å²) in [5.41, 5.74) is 1.13. The second-order valence-corrected chi connectivity index (χ2v) is 2.99. The molecule has 0 saturated carbocycles. The van der Waals surface area contributed by atoms with Crippen molar-refractivity contribution in [1.82, 2.24) is 4.98 Å². The van der Waals surface area contributed by atoms with Crippen molar-refractivity contribution in [3.63, 3.8) is 0 Å². The molecule has 0 amide bonds. The van der Waals surface area contributed by atoms with Gasteiger partial charge in [-0.25, -0.2) is 0 Å². The highest BCUT2D eigenvalue weighted by molar-refractivity contribution is 7.97. The van der Waals surface area contributed by atoms with Crippen molar-refractivity contribution in [2.45, 2.75) is 4.90 Å². The number of benzene rings is 1. The van der Waals surface area contributed by atoms with Gasteiger partial charge in [0.2, 0.25) is 0 Å². The van der Waals surface area contributed by atoms with Crippen LogP contribution in [0, 0.1) is 0 Å². The van der Waals surface area contributed by atoms with Gasteiger partial charge in [-0.1, -0.05) is 12.1 Å². The van der Waals surface area contributed by atoms with Crippen LogP contribution in [0.4, 0.5) is 0 Å². The summed E-state index contributed by atoms with van der Waals surface area (Å²) in [4.78, 5) is 4.23. The van der Waals surface area contributed by atoms with E-state index in [4.69, 9.17) is 5.14 Å². The Labute approximate surface area is 68.9 Å². The molecule has 1 aromatic carbocycles. The average Bonchev–Trinajstić information content (AvgIpc) is 2.50. The van der Waals surface area contributed by atoms with Gasteiger partial charge in [0.05, 0.1) is 5.52 Å². The van der Waals surface area contributed by atoms with Gasteiger partial charge in [0, 0.05) is 16.5 Å². The molecule has 0 aliphatic heterocycles. The standard InChI is InChI=1S/C8H8N2S/c9-11-7-3-1-2-6-4-5-10-8(6)7/h1-5,10H,9H2. The van der Waals surface area contributed by atoms with Crippen molar-refractivity contribution in [2.75, 3.05) is 0 Å². The molecule has 0 unspecified atom stereocenters. The van der Waals surface area contributed by atoms with Crippen LogP contribution in [0.15, 0.2) is 35.4 Å². The van der Waals surface area contributed by atoms with Crippen LogP contribution >= 0.6 is 11.9 Å². The van der Waals surface area contributed by atoms with Crippen molar-refractivity contribution in [2.24, 2.45) is 5.14 Å². The molecule has 1 heterocycles. The van der Waals surface area contributed by atoms with E-state index in [1.807, 2.05) is 24.4 Å². The SMILES string of the molecule is NSc1cccc2cc[nH]c12. The van der Waals surface area contributed by atoms with E-state index < -0.39 is 0 Å². The number of H-pyrrole nitrogens is 1. The Bertz CT molecular complexity index is 367. The first-order valence-electron chi connectivity index (χ1n) is 3.34. The fourth-order valence-corrected chi connectivity index (χ4v) is 1.61. The molecule has 2 rings (SSSR count). The normalized spacial score (nSPS) is 10.6. The van der Waals surface area contributed by atoms with Gasteiger partial charge in [-0.15, -0.1) is 0 Å². The molecule has 0 saturated heterocycles. The maximum atomic E-state index is 5.47. The smallest absolute Gasteiger partial charge is 0.0605 e. The van der Waals surface area contributed by atoms with Crippen LogP contribution in [0.3, 0.4) is 0 Å². The Morgan fingerprint density at radius 3 is 3.00 bits per heavy atom. The van der Waals surface area contributed by atoms with E-state index >= 15 is 0 Å². The van der Waals surface area contributed by atoms with Gasteiger partial charge in [0.1, 0.15) is 0 Å². The van der Waals surface area contributed by atoms with E-state index in [-0.39, 0.29) is 0 Å². The number of para-hydroxylation sites is 1.